The Morgan fingerprint density at radius 3 is 2.30 bits per heavy atom. The lowest BCUT2D eigenvalue weighted by molar-refractivity contribution is -0.140. The summed E-state index contributed by atoms with van der Waals surface area (Å²) in [4.78, 5) is 12.0. The molecule has 0 aliphatic carbocycles. The number of benzene rings is 1. The zero-order valence-corrected chi connectivity index (χ0v) is 14.1. The first kappa shape index (κ1) is 17.6. The molecule has 0 saturated heterocycles. The summed E-state index contributed by atoms with van der Waals surface area (Å²) in [7, 11) is 1.61. The summed E-state index contributed by atoms with van der Waals surface area (Å²) in [5.74, 6) is -0.529. The standard InChI is InChI=1S/C14H17Cl3O3/c1-8(7-14(2,3)19-4)13(18)20-12-6-10(16)9(15)5-11(12)17/h5-6,8H,7H2,1-4H3. The van der Waals surface area contributed by atoms with Gasteiger partial charge in [-0.3, -0.25) is 4.79 Å². The molecule has 1 aromatic carbocycles. The van der Waals surface area contributed by atoms with Crippen LogP contribution in [0.15, 0.2) is 12.1 Å². The Morgan fingerprint density at radius 1 is 1.20 bits per heavy atom. The van der Waals surface area contributed by atoms with Gasteiger partial charge in [0.25, 0.3) is 0 Å². The number of hydrogen-bond acceptors (Lipinski definition) is 3. The molecule has 0 aliphatic rings. The second-order valence-electron chi connectivity index (χ2n) is 5.19. The molecule has 0 spiro atoms. The Labute approximate surface area is 134 Å². The van der Waals surface area contributed by atoms with Gasteiger partial charge < -0.3 is 9.47 Å². The maximum Gasteiger partial charge on any atom is 0.314 e. The van der Waals surface area contributed by atoms with Crippen molar-refractivity contribution in [3.63, 3.8) is 0 Å². The lowest BCUT2D eigenvalue weighted by atomic mass is 9.95. The Kier molecular flexibility index (Phi) is 6.14. The van der Waals surface area contributed by atoms with Crippen molar-refractivity contribution in [1.82, 2.24) is 0 Å². The molecule has 0 saturated carbocycles. The van der Waals surface area contributed by atoms with E-state index >= 15 is 0 Å². The van der Waals surface area contributed by atoms with Gasteiger partial charge in [-0.2, -0.15) is 0 Å². The van der Waals surface area contributed by atoms with E-state index in [1.165, 1.54) is 12.1 Å². The largest absolute Gasteiger partial charge is 0.425 e. The molecular formula is C14H17Cl3O3. The maximum atomic E-state index is 12.0. The number of methoxy groups -OCH3 is 1. The number of esters is 1. The minimum atomic E-state index is -0.403. The number of halogens is 3. The molecule has 3 nitrogen and oxygen atoms in total. The van der Waals surface area contributed by atoms with Crippen molar-refractivity contribution in [3.8, 4) is 5.75 Å². The Balaban J connectivity index is 2.78. The molecule has 1 atom stereocenters. The van der Waals surface area contributed by atoms with Crippen LogP contribution in [-0.4, -0.2) is 18.7 Å². The highest BCUT2D eigenvalue weighted by atomic mass is 35.5. The van der Waals surface area contributed by atoms with E-state index in [0.29, 0.717) is 11.4 Å². The lowest BCUT2D eigenvalue weighted by Gasteiger charge is -2.25. The topological polar surface area (TPSA) is 35.5 Å². The molecule has 0 bridgehead atoms. The zero-order chi connectivity index (χ0) is 15.5. The van der Waals surface area contributed by atoms with E-state index in [9.17, 15) is 4.79 Å². The van der Waals surface area contributed by atoms with Crippen molar-refractivity contribution in [2.75, 3.05) is 7.11 Å². The van der Waals surface area contributed by atoms with Crippen LogP contribution in [0, 0.1) is 5.92 Å². The third kappa shape index (κ3) is 4.81. The van der Waals surface area contributed by atoms with Crippen LogP contribution in [0.1, 0.15) is 27.2 Å². The second-order valence-corrected chi connectivity index (χ2v) is 6.41. The van der Waals surface area contributed by atoms with Crippen molar-refractivity contribution in [2.45, 2.75) is 32.8 Å². The van der Waals surface area contributed by atoms with Crippen LogP contribution in [0.5, 0.6) is 5.75 Å². The van der Waals surface area contributed by atoms with E-state index in [0.717, 1.165) is 0 Å². The molecule has 0 N–H and O–H groups in total. The highest BCUT2D eigenvalue weighted by molar-refractivity contribution is 6.43. The van der Waals surface area contributed by atoms with Gasteiger partial charge in [-0.05, 0) is 26.3 Å². The summed E-state index contributed by atoms with van der Waals surface area (Å²) in [6.07, 6.45) is 0.529. The fraction of sp³-hybridized carbons (Fsp3) is 0.500. The number of carbonyl (C=O) groups is 1. The predicted molar refractivity (Wildman–Crippen MR) is 82.0 cm³/mol. The van der Waals surface area contributed by atoms with Gasteiger partial charge in [-0.25, -0.2) is 0 Å². The van der Waals surface area contributed by atoms with Crippen LogP contribution < -0.4 is 4.74 Å². The third-order valence-corrected chi connectivity index (χ3v) is 3.96. The van der Waals surface area contributed by atoms with Crippen molar-refractivity contribution in [3.05, 3.63) is 27.2 Å². The van der Waals surface area contributed by atoms with E-state index in [2.05, 4.69) is 0 Å². The second kappa shape index (κ2) is 6.99. The highest BCUT2D eigenvalue weighted by Crippen LogP contribution is 2.34. The minimum absolute atomic E-state index is 0.202. The van der Waals surface area contributed by atoms with E-state index in [1.807, 2.05) is 13.8 Å². The molecule has 6 heteroatoms. The molecule has 20 heavy (non-hydrogen) atoms. The molecule has 0 amide bonds. The van der Waals surface area contributed by atoms with Gasteiger partial charge in [0.1, 0.15) is 0 Å². The SMILES string of the molecule is COC(C)(C)CC(C)C(=O)Oc1cc(Cl)c(Cl)cc1Cl. The number of hydrogen-bond donors (Lipinski definition) is 0. The van der Waals surface area contributed by atoms with Crippen LogP contribution >= 0.6 is 34.8 Å². The van der Waals surface area contributed by atoms with Crippen LogP contribution in [-0.2, 0) is 9.53 Å². The third-order valence-electron chi connectivity index (χ3n) is 2.94. The molecule has 0 aliphatic heterocycles. The summed E-state index contributed by atoms with van der Waals surface area (Å²) >= 11 is 17.7. The van der Waals surface area contributed by atoms with Crippen molar-refractivity contribution < 1.29 is 14.3 Å². The van der Waals surface area contributed by atoms with Gasteiger partial charge in [0.15, 0.2) is 5.75 Å². The average molecular weight is 340 g/mol. The first-order chi connectivity index (χ1) is 9.16. The summed E-state index contributed by atoms with van der Waals surface area (Å²) < 4.78 is 10.6. The maximum absolute atomic E-state index is 12.0. The Morgan fingerprint density at radius 2 is 1.75 bits per heavy atom. The summed E-state index contributed by atoms with van der Waals surface area (Å²) in [5, 5.41) is 0.833. The fourth-order valence-corrected chi connectivity index (χ4v) is 2.27. The lowest BCUT2D eigenvalue weighted by Crippen LogP contribution is -2.30. The molecule has 0 radical (unpaired) electrons. The summed E-state index contributed by atoms with van der Waals surface area (Å²) in [6.45, 7) is 5.58. The highest BCUT2D eigenvalue weighted by Gasteiger charge is 2.26. The molecule has 0 heterocycles. The van der Waals surface area contributed by atoms with Crippen molar-refractivity contribution in [2.24, 2.45) is 5.92 Å². The monoisotopic (exact) mass is 338 g/mol. The van der Waals surface area contributed by atoms with Gasteiger partial charge in [0.05, 0.1) is 26.6 Å². The van der Waals surface area contributed by atoms with E-state index in [4.69, 9.17) is 44.3 Å². The van der Waals surface area contributed by atoms with Gasteiger partial charge >= 0.3 is 5.97 Å². The average Bonchev–Trinajstić information content (AvgIpc) is 2.35. The molecular weight excluding hydrogens is 323 g/mol. The van der Waals surface area contributed by atoms with Gasteiger partial charge in [-0.15, -0.1) is 0 Å². The Bertz CT molecular complexity index is 501. The smallest absolute Gasteiger partial charge is 0.314 e. The molecule has 1 rings (SSSR count). The van der Waals surface area contributed by atoms with Crippen molar-refractivity contribution in [1.29, 1.82) is 0 Å². The quantitative estimate of drug-likeness (QED) is 0.430. The molecule has 1 unspecified atom stereocenters. The van der Waals surface area contributed by atoms with E-state index in [1.54, 1.807) is 14.0 Å². The molecule has 1 aromatic rings. The molecule has 0 aromatic heterocycles. The van der Waals surface area contributed by atoms with Crippen LogP contribution in [0.2, 0.25) is 15.1 Å². The number of ether oxygens (including phenoxy) is 2. The molecule has 0 fully saturated rings. The first-order valence-corrected chi connectivity index (χ1v) is 7.21. The van der Waals surface area contributed by atoms with Gasteiger partial charge in [0, 0.05) is 13.2 Å². The summed E-state index contributed by atoms with van der Waals surface area (Å²) in [6, 6.07) is 2.87. The van der Waals surface area contributed by atoms with E-state index in [-0.39, 0.29) is 21.7 Å². The summed E-state index contributed by atoms with van der Waals surface area (Å²) in [5.41, 5.74) is -0.403. The zero-order valence-electron chi connectivity index (χ0n) is 11.8. The number of rotatable bonds is 5. The van der Waals surface area contributed by atoms with Crippen LogP contribution in [0.25, 0.3) is 0 Å². The minimum Gasteiger partial charge on any atom is -0.425 e. The fourth-order valence-electron chi connectivity index (χ4n) is 1.70. The normalized spacial score (nSPS) is 13.2. The first-order valence-electron chi connectivity index (χ1n) is 6.07. The van der Waals surface area contributed by atoms with Crippen LogP contribution in [0.3, 0.4) is 0 Å². The van der Waals surface area contributed by atoms with Crippen molar-refractivity contribution >= 4 is 40.8 Å². The predicted octanol–water partition coefficient (Wildman–Crippen LogP) is 5.00. The Hall–Kier alpha value is -0.480. The number of carbonyl (C=O) groups excluding carboxylic acids is 1. The molecule has 112 valence electrons. The van der Waals surface area contributed by atoms with Gasteiger partial charge in [0.2, 0.25) is 0 Å². The van der Waals surface area contributed by atoms with Crippen LogP contribution in [0.4, 0.5) is 0 Å². The van der Waals surface area contributed by atoms with Gasteiger partial charge in [-0.1, -0.05) is 41.7 Å². The van der Waals surface area contributed by atoms with E-state index < -0.39 is 11.6 Å².